The standard InChI is InChI=1S/C16H19N3O3/c1-10-12(11(2)22-18-10)7-19-8-13(14(9-19)16(20)21)15-5-3-4-6-17-15/h3-6,13-14H,7-9H2,1-2H3,(H,20,21)/t13-,14-/m1/s1. The largest absolute Gasteiger partial charge is 0.481 e. The molecule has 2 atom stereocenters. The molecule has 1 N–H and O–H groups in total. The van der Waals surface area contributed by atoms with Gasteiger partial charge in [-0.15, -0.1) is 0 Å². The maximum atomic E-state index is 11.6. The van der Waals surface area contributed by atoms with E-state index in [1.807, 2.05) is 32.0 Å². The summed E-state index contributed by atoms with van der Waals surface area (Å²) in [5, 5.41) is 13.5. The normalized spacial score (nSPS) is 22.1. The summed E-state index contributed by atoms with van der Waals surface area (Å²) >= 11 is 0. The van der Waals surface area contributed by atoms with Crippen LogP contribution in [-0.4, -0.2) is 39.2 Å². The van der Waals surface area contributed by atoms with Crippen LogP contribution in [0.5, 0.6) is 0 Å². The highest BCUT2D eigenvalue weighted by molar-refractivity contribution is 5.72. The SMILES string of the molecule is Cc1noc(C)c1CN1C[C@@H](C(=O)O)[C@H](c2ccccn2)C1. The van der Waals surface area contributed by atoms with Gasteiger partial charge in [0.1, 0.15) is 5.76 Å². The molecule has 0 amide bonds. The molecule has 116 valence electrons. The van der Waals surface area contributed by atoms with Crippen molar-refractivity contribution < 1.29 is 14.4 Å². The summed E-state index contributed by atoms with van der Waals surface area (Å²) in [5.41, 5.74) is 2.76. The van der Waals surface area contributed by atoms with Crippen LogP contribution in [0.1, 0.15) is 28.6 Å². The number of carboxylic acids is 1. The summed E-state index contributed by atoms with van der Waals surface area (Å²) in [5.74, 6) is -0.489. The van der Waals surface area contributed by atoms with Crippen LogP contribution in [0.25, 0.3) is 0 Å². The average molecular weight is 301 g/mol. The molecule has 0 aromatic carbocycles. The number of hydrogen-bond donors (Lipinski definition) is 1. The Morgan fingerprint density at radius 3 is 2.82 bits per heavy atom. The fraction of sp³-hybridized carbons (Fsp3) is 0.438. The molecular weight excluding hydrogens is 282 g/mol. The molecule has 0 saturated carbocycles. The Morgan fingerprint density at radius 1 is 1.41 bits per heavy atom. The van der Waals surface area contributed by atoms with E-state index in [0.29, 0.717) is 19.6 Å². The number of carboxylic acid groups (broad SMARTS) is 1. The van der Waals surface area contributed by atoms with Crippen LogP contribution in [0.15, 0.2) is 28.9 Å². The maximum absolute atomic E-state index is 11.6. The lowest BCUT2D eigenvalue weighted by Gasteiger charge is -2.15. The second kappa shape index (κ2) is 5.88. The van der Waals surface area contributed by atoms with Crippen LogP contribution >= 0.6 is 0 Å². The Morgan fingerprint density at radius 2 is 2.23 bits per heavy atom. The first-order valence-corrected chi connectivity index (χ1v) is 7.34. The van der Waals surface area contributed by atoms with Crippen LogP contribution in [0.4, 0.5) is 0 Å². The van der Waals surface area contributed by atoms with Gasteiger partial charge in [-0.1, -0.05) is 11.2 Å². The molecule has 0 unspecified atom stereocenters. The summed E-state index contributed by atoms with van der Waals surface area (Å²) in [6, 6.07) is 5.65. The van der Waals surface area contributed by atoms with Gasteiger partial charge in [-0.25, -0.2) is 0 Å². The molecule has 1 saturated heterocycles. The van der Waals surface area contributed by atoms with Crippen molar-refractivity contribution in [3.05, 3.63) is 47.1 Å². The van der Waals surface area contributed by atoms with E-state index in [9.17, 15) is 9.90 Å². The lowest BCUT2D eigenvalue weighted by molar-refractivity contribution is -0.141. The van der Waals surface area contributed by atoms with E-state index in [0.717, 1.165) is 22.7 Å². The summed E-state index contributed by atoms with van der Waals surface area (Å²) in [7, 11) is 0. The molecular formula is C16H19N3O3. The molecule has 2 aromatic heterocycles. The van der Waals surface area contributed by atoms with Gasteiger partial charge in [0.15, 0.2) is 0 Å². The topological polar surface area (TPSA) is 79.5 Å². The second-order valence-electron chi connectivity index (χ2n) is 5.80. The number of nitrogens with zero attached hydrogens (tertiary/aromatic N) is 3. The number of aromatic nitrogens is 2. The zero-order valence-corrected chi connectivity index (χ0v) is 12.7. The van der Waals surface area contributed by atoms with Crippen LogP contribution in [-0.2, 0) is 11.3 Å². The Bertz CT molecular complexity index is 649. The average Bonchev–Trinajstić information content (AvgIpc) is 3.07. The van der Waals surface area contributed by atoms with Crippen molar-refractivity contribution in [3.8, 4) is 0 Å². The molecule has 1 fully saturated rings. The molecule has 3 heterocycles. The number of hydrogen-bond acceptors (Lipinski definition) is 5. The van der Waals surface area contributed by atoms with Gasteiger partial charge in [0, 0.05) is 43.0 Å². The van der Waals surface area contributed by atoms with Gasteiger partial charge in [0.2, 0.25) is 0 Å². The van der Waals surface area contributed by atoms with Crippen molar-refractivity contribution in [1.29, 1.82) is 0 Å². The predicted octanol–water partition coefficient (Wildman–Crippen LogP) is 1.99. The van der Waals surface area contributed by atoms with Crippen LogP contribution < -0.4 is 0 Å². The summed E-state index contributed by atoms with van der Waals surface area (Å²) < 4.78 is 5.19. The van der Waals surface area contributed by atoms with Crippen molar-refractivity contribution in [3.63, 3.8) is 0 Å². The Hall–Kier alpha value is -2.21. The Kier molecular flexibility index (Phi) is 3.94. The Labute approximate surface area is 128 Å². The van der Waals surface area contributed by atoms with Crippen LogP contribution in [0.2, 0.25) is 0 Å². The molecule has 1 aliphatic heterocycles. The smallest absolute Gasteiger partial charge is 0.308 e. The fourth-order valence-corrected chi connectivity index (χ4v) is 3.11. The van der Waals surface area contributed by atoms with Crippen LogP contribution in [0.3, 0.4) is 0 Å². The number of rotatable bonds is 4. The lowest BCUT2D eigenvalue weighted by atomic mass is 9.93. The van der Waals surface area contributed by atoms with Gasteiger partial charge in [-0.05, 0) is 26.0 Å². The van der Waals surface area contributed by atoms with Crippen molar-refractivity contribution in [2.75, 3.05) is 13.1 Å². The minimum Gasteiger partial charge on any atom is -0.481 e. The van der Waals surface area contributed by atoms with Crippen LogP contribution in [0, 0.1) is 19.8 Å². The van der Waals surface area contributed by atoms with Crippen molar-refractivity contribution in [2.45, 2.75) is 26.3 Å². The zero-order valence-electron chi connectivity index (χ0n) is 12.7. The minimum absolute atomic E-state index is 0.0841. The quantitative estimate of drug-likeness (QED) is 0.930. The van der Waals surface area contributed by atoms with Crippen molar-refractivity contribution in [1.82, 2.24) is 15.0 Å². The van der Waals surface area contributed by atoms with E-state index >= 15 is 0 Å². The molecule has 0 bridgehead atoms. The highest BCUT2D eigenvalue weighted by Crippen LogP contribution is 2.33. The van der Waals surface area contributed by atoms with E-state index in [1.54, 1.807) is 6.20 Å². The van der Waals surface area contributed by atoms with Gasteiger partial charge >= 0.3 is 5.97 Å². The molecule has 3 rings (SSSR count). The number of carbonyl (C=O) groups is 1. The molecule has 1 aliphatic rings. The number of likely N-dealkylation sites (tertiary alicyclic amines) is 1. The van der Waals surface area contributed by atoms with E-state index in [4.69, 9.17) is 4.52 Å². The van der Waals surface area contributed by atoms with Crippen molar-refractivity contribution in [2.24, 2.45) is 5.92 Å². The molecule has 6 heteroatoms. The van der Waals surface area contributed by atoms with Gasteiger partial charge < -0.3 is 9.63 Å². The molecule has 6 nitrogen and oxygen atoms in total. The van der Waals surface area contributed by atoms with E-state index in [1.165, 1.54) is 0 Å². The number of aliphatic carboxylic acids is 1. The first kappa shape index (κ1) is 14.7. The first-order chi connectivity index (χ1) is 10.6. The number of aryl methyl sites for hydroxylation is 2. The number of pyridine rings is 1. The van der Waals surface area contributed by atoms with E-state index in [-0.39, 0.29) is 5.92 Å². The third-order valence-corrected chi connectivity index (χ3v) is 4.34. The van der Waals surface area contributed by atoms with Gasteiger partial charge in [0.05, 0.1) is 11.6 Å². The monoisotopic (exact) mass is 301 g/mol. The third-order valence-electron chi connectivity index (χ3n) is 4.34. The van der Waals surface area contributed by atoms with E-state index < -0.39 is 11.9 Å². The fourth-order valence-electron chi connectivity index (χ4n) is 3.11. The summed E-state index contributed by atoms with van der Waals surface area (Å²) in [6.45, 7) is 5.65. The lowest BCUT2D eigenvalue weighted by Crippen LogP contribution is -2.23. The highest BCUT2D eigenvalue weighted by Gasteiger charge is 2.39. The van der Waals surface area contributed by atoms with Crippen molar-refractivity contribution >= 4 is 5.97 Å². The molecule has 22 heavy (non-hydrogen) atoms. The first-order valence-electron chi connectivity index (χ1n) is 7.34. The molecule has 0 aliphatic carbocycles. The zero-order chi connectivity index (χ0) is 15.7. The molecule has 0 spiro atoms. The molecule has 0 radical (unpaired) electrons. The Balaban J connectivity index is 1.80. The van der Waals surface area contributed by atoms with Gasteiger partial charge in [0.25, 0.3) is 0 Å². The third kappa shape index (κ3) is 2.74. The second-order valence-corrected chi connectivity index (χ2v) is 5.80. The predicted molar refractivity (Wildman–Crippen MR) is 79.4 cm³/mol. The minimum atomic E-state index is -0.767. The maximum Gasteiger partial charge on any atom is 0.308 e. The highest BCUT2D eigenvalue weighted by atomic mass is 16.5. The van der Waals surface area contributed by atoms with Gasteiger partial charge in [-0.3, -0.25) is 14.7 Å². The summed E-state index contributed by atoms with van der Waals surface area (Å²) in [6.07, 6.45) is 1.71. The van der Waals surface area contributed by atoms with E-state index in [2.05, 4.69) is 15.0 Å². The molecule has 2 aromatic rings. The van der Waals surface area contributed by atoms with Gasteiger partial charge in [-0.2, -0.15) is 0 Å². The summed E-state index contributed by atoms with van der Waals surface area (Å²) in [4.78, 5) is 18.1.